The first kappa shape index (κ1) is 23.4. The quantitative estimate of drug-likeness (QED) is 0.298. The Hall–Kier alpha value is -3.96. The zero-order valence-corrected chi connectivity index (χ0v) is 21.6. The van der Waals surface area contributed by atoms with Gasteiger partial charge in [0.2, 0.25) is 0 Å². The first-order valence-electron chi connectivity index (χ1n) is 13.2. The molecule has 0 aliphatic carbocycles. The molecule has 0 radical (unpaired) electrons. The number of hydrogen-bond donors (Lipinski definition) is 0. The van der Waals surface area contributed by atoms with Gasteiger partial charge in [-0.05, 0) is 30.5 Å². The third-order valence-electron chi connectivity index (χ3n) is 7.42. The van der Waals surface area contributed by atoms with Gasteiger partial charge >= 0.3 is 0 Å². The number of aryl methyl sites for hydroxylation is 2. The Morgan fingerprint density at radius 1 is 0.676 bits per heavy atom. The number of anilines is 1. The summed E-state index contributed by atoms with van der Waals surface area (Å²) in [6.07, 6.45) is 0.842. The lowest BCUT2D eigenvalue weighted by atomic mass is 10.0. The smallest absolute Gasteiger partial charge is 0.165 e. The van der Waals surface area contributed by atoms with Gasteiger partial charge in [0.05, 0.1) is 5.69 Å². The highest BCUT2D eigenvalue weighted by atomic mass is 15.4. The predicted molar refractivity (Wildman–Crippen MR) is 151 cm³/mol. The van der Waals surface area contributed by atoms with Crippen molar-refractivity contribution in [2.45, 2.75) is 26.8 Å². The van der Waals surface area contributed by atoms with Crippen molar-refractivity contribution >= 4 is 11.5 Å². The molecule has 2 aromatic heterocycles. The first-order valence-corrected chi connectivity index (χ1v) is 13.2. The van der Waals surface area contributed by atoms with Crippen molar-refractivity contribution in [2.24, 2.45) is 0 Å². The van der Waals surface area contributed by atoms with E-state index in [1.54, 1.807) is 0 Å². The maximum Gasteiger partial charge on any atom is 0.165 e. The minimum absolute atomic E-state index is 0.842. The van der Waals surface area contributed by atoms with E-state index >= 15 is 0 Å². The van der Waals surface area contributed by atoms with Crippen molar-refractivity contribution in [3.05, 3.63) is 119 Å². The molecule has 0 unspecified atom stereocenters. The van der Waals surface area contributed by atoms with Crippen molar-refractivity contribution in [3.63, 3.8) is 0 Å². The summed E-state index contributed by atoms with van der Waals surface area (Å²) in [4.78, 5) is 10.2. The van der Waals surface area contributed by atoms with Crippen LogP contribution in [0, 0.1) is 13.8 Å². The zero-order valence-electron chi connectivity index (χ0n) is 21.6. The van der Waals surface area contributed by atoms with Gasteiger partial charge < -0.3 is 4.90 Å². The highest BCUT2D eigenvalue weighted by molar-refractivity contribution is 5.81. The number of piperazine rings is 1. The maximum atomic E-state index is 5.16. The summed E-state index contributed by atoms with van der Waals surface area (Å²) in [5, 5.41) is 5.09. The van der Waals surface area contributed by atoms with E-state index in [-0.39, 0.29) is 0 Å². The van der Waals surface area contributed by atoms with Crippen LogP contribution in [-0.4, -0.2) is 45.7 Å². The lowest BCUT2D eigenvalue weighted by Gasteiger charge is -2.37. The lowest BCUT2D eigenvalue weighted by Crippen LogP contribution is -2.47. The van der Waals surface area contributed by atoms with Crippen molar-refractivity contribution in [1.82, 2.24) is 19.5 Å². The molecule has 3 aromatic carbocycles. The van der Waals surface area contributed by atoms with Crippen molar-refractivity contribution < 1.29 is 0 Å². The molecule has 6 rings (SSSR count). The molecule has 1 aliphatic heterocycles. The van der Waals surface area contributed by atoms with Gasteiger partial charge in [0.25, 0.3) is 0 Å². The van der Waals surface area contributed by atoms with Gasteiger partial charge in [-0.3, -0.25) is 4.90 Å². The van der Waals surface area contributed by atoms with Crippen LogP contribution >= 0.6 is 0 Å². The molecule has 0 amide bonds. The average Bonchev–Trinajstić information content (AvgIpc) is 3.26. The fourth-order valence-electron chi connectivity index (χ4n) is 5.52. The van der Waals surface area contributed by atoms with Crippen molar-refractivity contribution in [2.75, 3.05) is 31.1 Å². The van der Waals surface area contributed by atoms with Crippen molar-refractivity contribution in [3.8, 4) is 11.1 Å². The van der Waals surface area contributed by atoms with Gasteiger partial charge in [-0.2, -0.15) is 9.61 Å². The first-order chi connectivity index (χ1) is 18.2. The van der Waals surface area contributed by atoms with Crippen LogP contribution in [0.3, 0.4) is 0 Å². The summed E-state index contributed by atoms with van der Waals surface area (Å²) in [5.74, 6) is 1.19. The Kier molecular flexibility index (Phi) is 6.46. The molecule has 0 atom stereocenters. The number of nitrogens with zero attached hydrogens (tertiary/aromatic N) is 5. The second-order valence-corrected chi connectivity index (χ2v) is 9.97. The van der Waals surface area contributed by atoms with Gasteiger partial charge in [0, 0.05) is 56.0 Å². The maximum absolute atomic E-state index is 5.16. The van der Waals surface area contributed by atoms with E-state index in [4.69, 9.17) is 10.1 Å². The number of benzene rings is 3. The summed E-state index contributed by atoms with van der Waals surface area (Å²) in [5.41, 5.74) is 9.25. The minimum atomic E-state index is 0.842. The van der Waals surface area contributed by atoms with E-state index in [9.17, 15) is 0 Å². The van der Waals surface area contributed by atoms with E-state index in [2.05, 4.69) is 119 Å². The second kappa shape index (κ2) is 10.2. The highest BCUT2D eigenvalue weighted by Crippen LogP contribution is 2.34. The van der Waals surface area contributed by atoms with Gasteiger partial charge in [0.1, 0.15) is 5.82 Å². The Balaban J connectivity index is 1.40. The molecule has 5 heteroatoms. The van der Waals surface area contributed by atoms with Crippen LogP contribution in [0.4, 0.5) is 5.82 Å². The fraction of sp³-hybridized carbons (Fsp3) is 0.250. The molecule has 3 heterocycles. The van der Waals surface area contributed by atoms with Crippen LogP contribution < -0.4 is 4.90 Å². The summed E-state index contributed by atoms with van der Waals surface area (Å²) >= 11 is 0. The molecule has 37 heavy (non-hydrogen) atoms. The number of aromatic nitrogens is 3. The summed E-state index contributed by atoms with van der Waals surface area (Å²) in [7, 11) is 0. The molecule has 0 saturated carbocycles. The molecule has 1 aliphatic rings. The van der Waals surface area contributed by atoms with E-state index in [1.165, 1.54) is 22.5 Å². The number of rotatable bonds is 6. The molecule has 186 valence electrons. The lowest BCUT2D eigenvalue weighted by molar-refractivity contribution is 0.249. The molecule has 5 aromatic rings. The summed E-state index contributed by atoms with van der Waals surface area (Å²) in [6.45, 7) is 9.23. The topological polar surface area (TPSA) is 36.7 Å². The second-order valence-electron chi connectivity index (χ2n) is 9.97. The van der Waals surface area contributed by atoms with Gasteiger partial charge in [-0.1, -0.05) is 91.0 Å². The standard InChI is InChI=1S/C32H33N5/c1-24-29(22-26-12-6-3-7-13-26)32(36-20-18-35(19-21-36)23-27-14-8-4-9-15-27)37-31(33-24)30(25(2)34-37)28-16-10-5-11-17-28/h3-17H,18-23H2,1-2H3. The van der Waals surface area contributed by atoms with Crippen LogP contribution in [0.15, 0.2) is 91.0 Å². The largest absolute Gasteiger partial charge is 0.354 e. The molecular formula is C32H33N5. The molecule has 0 spiro atoms. The average molecular weight is 488 g/mol. The van der Waals surface area contributed by atoms with Gasteiger partial charge in [-0.25, -0.2) is 4.98 Å². The van der Waals surface area contributed by atoms with E-state index in [0.717, 1.165) is 67.3 Å². The fourth-order valence-corrected chi connectivity index (χ4v) is 5.52. The number of hydrogen-bond acceptors (Lipinski definition) is 4. The molecule has 0 N–H and O–H groups in total. The van der Waals surface area contributed by atoms with E-state index < -0.39 is 0 Å². The van der Waals surface area contributed by atoms with Crippen LogP contribution in [0.5, 0.6) is 0 Å². The van der Waals surface area contributed by atoms with Crippen LogP contribution in [-0.2, 0) is 13.0 Å². The normalized spacial score (nSPS) is 14.4. The monoisotopic (exact) mass is 487 g/mol. The molecule has 0 bridgehead atoms. The van der Waals surface area contributed by atoms with Gasteiger partial charge in [0.15, 0.2) is 5.65 Å². The molecular weight excluding hydrogens is 454 g/mol. The third-order valence-corrected chi connectivity index (χ3v) is 7.42. The van der Waals surface area contributed by atoms with Crippen LogP contribution in [0.2, 0.25) is 0 Å². The summed E-state index contributed by atoms with van der Waals surface area (Å²) < 4.78 is 2.12. The van der Waals surface area contributed by atoms with Crippen molar-refractivity contribution in [1.29, 1.82) is 0 Å². The highest BCUT2D eigenvalue weighted by Gasteiger charge is 2.26. The zero-order chi connectivity index (χ0) is 25.2. The van der Waals surface area contributed by atoms with Gasteiger partial charge in [-0.15, -0.1) is 0 Å². The Morgan fingerprint density at radius 3 is 1.92 bits per heavy atom. The summed E-state index contributed by atoms with van der Waals surface area (Å²) in [6, 6.07) is 32.0. The predicted octanol–water partition coefficient (Wildman–Crippen LogP) is 5.93. The third kappa shape index (κ3) is 4.75. The molecule has 1 fully saturated rings. The molecule has 1 saturated heterocycles. The number of fused-ring (bicyclic) bond motifs is 1. The van der Waals surface area contributed by atoms with Crippen LogP contribution in [0.25, 0.3) is 16.8 Å². The Bertz CT molecular complexity index is 1480. The van der Waals surface area contributed by atoms with E-state index in [1.807, 2.05) is 0 Å². The van der Waals surface area contributed by atoms with Crippen LogP contribution in [0.1, 0.15) is 28.1 Å². The van der Waals surface area contributed by atoms with E-state index in [0.29, 0.717) is 0 Å². The molecule has 5 nitrogen and oxygen atoms in total. The SMILES string of the molecule is Cc1nc2c(-c3ccccc3)c(C)nn2c(N2CCN(Cc3ccccc3)CC2)c1Cc1ccccc1. The Morgan fingerprint density at radius 2 is 1.27 bits per heavy atom. The minimum Gasteiger partial charge on any atom is -0.354 e. The Labute approximate surface area is 219 Å².